The quantitative estimate of drug-likeness (QED) is 0.681. The normalized spacial score (nSPS) is 24.6. The van der Waals surface area contributed by atoms with Gasteiger partial charge in [-0.25, -0.2) is 0 Å². The number of hydrogen-bond acceptors (Lipinski definition) is 2. The molecular formula is C7H13BrS2. The maximum absolute atomic E-state index is 3.52. The first kappa shape index (κ1) is 9.27. The highest BCUT2D eigenvalue weighted by atomic mass is 79.9. The Morgan fingerprint density at radius 1 is 1.50 bits per heavy atom. The molecule has 1 atom stereocenters. The third kappa shape index (κ3) is 2.67. The number of alkyl halides is 1. The van der Waals surface area contributed by atoms with E-state index >= 15 is 0 Å². The second-order valence-electron chi connectivity index (χ2n) is 2.60. The van der Waals surface area contributed by atoms with E-state index in [0.717, 1.165) is 15.8 Å². The summed E-state index contributed by atoms with van der Waals surface area (Å²) in [5.74, 6) is 3.57. The fraction of sp³-hybridized carbons (Fsp3) is 1.00. The molecule has 3 heteroatoms. The summed E-state index contributed by atoms with van der Waals surface area (Å²) >= 11 is 7.78. The zero-order valence-electron chi connectivity index (χ0n) is 6.18. The Morgan fingerprint density at radius 3 is 2.60 bits per heavy atom. The maximum Gasteiger partial charge on any atom is 0.0535 e. The molecule has 60 valence electrons. The Labute approximate surface area is 80.0 Å². The van der Waals surface area contributed by atoms with Gasteiger partial charge in [0.15, 0.2) is 0 Å². The zero-order valence-corrected chi connectivity index (χ0v) is 9.40. The smallest absolute Gasteiger partial charge is 0.0535 e. The van der Waals surface area contributed by atoms with Crippen molar-refractivity contribution in [1.82, 2.24) is 0 Å². The molecule has 1 aliphatic heterocycles. The van der Waals surface area contributed by atoms with Crippen LogP contribution in [0.3, 0.4) is 0 Å². The molecule has 1 fully saturated rings. The van der Waals surface area contributed by atoms with Crippen molar-refractivity contribution < 1.29 is 0 Å². The molecule has 0 unspecified atom stereocenters. The van der Waals surface area contributed by atoms with Crippen LogP contribution in [-0.2, 0) is 0 Å². The summed E-state index contributed by atoms with van der Waals surface area (Å²) in [5, 5.41) is 1.15. The van der Waals surface area contributed by atoms with Crippen LogP contribution in [0.1, 0.15) is 13.3 Å². The van der Waals surface area contributed by atoms with Gasteiger partial charge in [0, 0.05) is 5.33 Å². The second kappa shape index (κ2) is 4.94. The number of halogens is 1. The first-order valence-electron chi connectivity index (χ1n) is 3.63. The molecule has 0 aromatic carbocycles. The minimum atomic E-state index is 0.829. The molecule has 0 N–H and O–H groups in total. The summed E-state index contributed by atoms with van der Waals surface area (Å²) in [6.45, 7) is 2.32. The van der Waals surface area contributed by atoms with Crippen molar-refractivity contribution in [2.45, 2.75) is 17.9 Å². The van der Waals surface area contributed by atoms with Gasteiger partial charge in [0.1, 0.15) is 0 Å². The number of thioether (sulfide) groups is 2. The third-order valence-corrected chi connectivity index (χ3v) is 6.03. The average molecular weight is 241 g/mol. The molecule has 0 aromatic rings. The number of hydrogen-bond donors (Lipinski definition) is 0. The molecule has 1 heterocycles. The molecule has 0 spiro atoms. The summed E-state index contributed by atoms with van der Waals surface area (Å²) in [4.78, 5) is 0. The Balaban J connectivity index is 2.24. The molecule has 0 radical (unpaired) electrons. The average Bonchev–Trinajstić information content (AvgIpc) is 2.05. The van der Waals surface area contributed by atoms with E-state index in [-0.39, 0.29) is 0 Å². The van der Waals surface area contributed by atoms with Crippen molar-refractivity contribution in [3.63, 3.8) is 0 Å². The van der Waals surface area contributed by atoms with Crippen molar-refractivity contribution in [3.8, 4) is 0 Å². The van der Waals surface area contributed by atoms with E-state index < -0.39 is 0 Å². The lowest BCUT2D eigenvalue weighted by Crippen LogP contribution is -2.16. The first-order valence-corrected chi connectivity index (χ1v) is 6.85. The van der Waals surface area contributed by atoms with E-state index in [1.807, 2.05) is 0 Å². The number of rotatable bonds is 2. The van der Waals surface area contributed by atoms with Gasteiger partial charge < -0.3 is 0 Å². The fourth-order valence-electron chi connectivity index (χ4n) is 0.907. The predicted octanol–water partition coefficient (Wildman–Crippen LogP) is 3.21. The monoisotopic (exact) mass is 240 g/mol. The van der Waals surface area contributed by atoms with Gasteiger partial charge in [0.05, 0.1) is 4.58 Å². The van der Waals surface area contributed by atoms with E-state index in [0.29, 0.717) is 0 Å². The molecule has 0 bridgehead atoms. The second-order valence-corrected chi connectivity index (χ2v) is 6.04. The molecular weight excluding hydrogens is 228 g/mol. The van der Waals surface area contributed by atoms with Crippen LogP contribution in [0.15, 0.2) is 0 Å². The summed E-state index contributed by atoms with van der Waals surface area (Å²) in [7, 11) is 0. The van der Waals surface area contributed by atoms with Crippen LogP contribution < -0.4 is 0 Å². The van der Waals surface area contributed by atoms with Crippen molar-refractivity contribution in [3.05, 3.63) is 0 Å². The maximum atomic E-state index is 3.52. The fourth-order valence-corrected chi connectivity index (χ4v) is 4.86. The minimum Gasteiger partial charge on any atom is -0.147 e. The molecule has 0 saturated carbocycles. The lowest BCUT2D eigenvalue weighted by Gasteiger charge is -2.25. The van der Waals surface area contributed by atoms with Gasteiger partial charge >= 0.3 is 0 Å². The van der Waals surface area contributed by atoms with Crippen molar-refractivity contribution in [2.24, 2.45) is 5.92 Å². The van der Waals surface area contributed by atoms with Gasteiger partial charge in [0.2, 0.25) is 0 Å². The molecule has 0 amide bonds. The molecule has 0 aromatic heterocycles. The molecule has 1 rings (SSSR count). The highest BCUT2D eigenvalue weighted by molar-refractivity contribution is 9.09. The summed E-state index contributed by atoms with van der Waals surface area (Å²) < 4.78 is 0.855. The van der Waals surface area contributed by atoms with Crippen LogP contribution >= 0.6 is 39.5 Å². The zero-order chi connectivity index (χ0) is 7.40. The Kier molecular flexibility index (Phi) is 4.58. The van der Waals surface area contributed by atoms with Crippen LogP contribution in [0.25, 0.3) is 0 Å². The van der Waals surface area contributed by atoms with Gasteiger partial charge in [-0.15, -0.1) is 23.5 Å². The van der Waals surface area contributed by atoms with E-state index in [1.54, 1.807) is 0 Å². The molecule has 0 nitrogen and oxygen atoms in total. The minimum absolute atomic E-state index is 0.829. The lowest BCUT2D eigenvalue weighted by molar-refractivity contribution is 0.735. The van der Waals surface area contributed by atoms with Crippen LogP contribution in [0.4, 0.5) is 0 Å². The van der Waals surface area contributed by atoms with Gasteiger partial charge in [-0.2, -0.15) is 0 Å². The Hall–Kier alpha value is 1.18. The van der Waals surface area contributed by atoms with Gasteiger partial charge in [0.25, 0.3) is 0 Å². The predicted molar refractivity (Wildman–Crippen MR) is 56.3 cm³/mol. The van der Waals surface area contributed by atoms with E-state index in [4.69, 9.17) is 0 Å². The first-order chi connectivity index (χ1) is 4.84. The molecule has 0 aliphatic carbocycles. The van der Waals surface area contributed by atoms with Crippen LogP contribution in [0.5, 0.6) is 0 Å². The van der Waals surface area contributed by atoms with E-state index in [2.05, 4.69) is 46.4 Å². The third-order valence-electron chi connectivity index (χ3n) is 1.56. The van der Waals surface area contributed by atoms with Gasteiger partial charge in [-0.3, -0.25) is 0 Å². The van der Waals surface area contributed by atoms with E-state index in [9.17, 15) is 0 Å². The summed E-state index contributed by atoms with van der Waals surface area (Å²) in [6.07, 6.45) is 1.40. The van der Waals surface area contributed by atoms with Crippen molar-refractivity contribution in [2.75, 3.05) is 16.8 Å². The van der Waals surface area contributed by atoms with Crippen LogP contribution in [0.2, 0.25) is 0 Å². The van der Waals surface area contributed by atoms with Gasteiger partial charge in [-0.1, -0.05) is 22.9 Å². The Morgan fingerprint density at radius 2 is 2.10 bits per heavy atom. The topological polar surface area (TPSA) is 0 Å². The Bertz CT molecular complexity index is 91.6. The van der Waals surface area contributed by atoms with E-state index in [1.165, 1.54) is 17.9 Å². The van der Waals surface area contributed by atoms with Crippen molar-refractivity contribution >= 4 is 39.5 Å². The summed E-state index contributed by atoms with van der Waals surface area (Å²) in [6, 6.07) is 0. The largest absolute Gasteiger partial charge is 0.147 e. The standard InChI is InChI=1S/C7H13BrS2/c1-6(5-8)7-9-3-2-4-10-7/h6-7H,2-5H2,1H3/t6-/m1/s1. The molecule has 10 heavy (non-hydrogen) atoms. The molecule has 1 aliphatic rings. The van der Waals surface area contributed by atoms with Crippen LogP contribution in [-0.4, -0.2) is 21.4 Å². The van der Waals surface area contributed by atoms with Gasteiger partial charge in [-0.05, 0) is 23.8 Å². The highest BCUT2D eigenvalue weighted by Crippen LogP contribution is 2.36. The van der Waals surface area contributed by atoms with Crippen LogP contribution in [0, 0.1) is 5.92 Å². The lowest BCUT2D eigenvalue weighted by atomic mass is 10.3. The summed E-state index contributed by atoms with van der Waals surface area (Å²) in [5.41, 5.74) is 0. The molecule has 1 saturated heterocycles. The van der Waals surface area contributed by atoms with Crippen molar-refractivity contribution in [1.29, 1.82) is 0 Å². The highest BCUT2D eigenvalue weighted by Gasteiger charge is 2.19. The SMILES string of the molecule is C[C@H](CBr)C1SCCCS1.